The third-order valence-corrected chi connectivity index (χ3v) is 7.21. The number of imidazole rings is 1. The number of halogens is 3. The van der Waals surface area contributed by atoms with Crippen LogP contribution in [-0.4, -0.2) is 68.3 Å². The van der Waals surface area contributed by atoms with Crippen molar-refractivity contribution in [2.45, 2.75) is 51.4 Å². The molecular formula is C24H31F3N6O3S. The molecule has 2 N–H and O–H groups in total. The molecule has 1 fully saturated rings. The predicted octanol–water partition coefficient (Wildman–Crippen LogP) is 3.41. The highest BCUT2D eigenvalue weighted by molar-refractivity contribution is 7.09. The molecule has 0 radical (unpaired) electrons. The lowest BCUT2D eigenvalue weighted by Gasteiger charge is -2.39. The van der Waals surface area contributed by atoms with E-state index in [1.54, 1.807) is 59.3 Å². The quantitative estimate of drug-likeness (QED) is 0.498. The van der Waals surface area contributed by atoms with Crippen molar-refractivity contribution in [3.63, 3.8) is 0 Å². The number of thiazole rings is 1. The molecule has 1 saturated heterocycles. The minimum atomic E-state index is -5.11. The number of nitrogens with one attached hydrogen (secondary N) is 2. The number of hydrogen-bond acceptors (Lipinski definition) is 6. The molecule has 0 aromatic carbocycles. The molecule has 0 spiro atoms. The number of carbonyl (C=O) groups is 3. The van der Waals surface area contributed by atoms with Gasteiger partial charge in [-0.25, -0.2) is 9.97 Å². The molecule has 0 saturated carbocycles. The van der Waals surface area contributed by atoms with Crippen molar-refractivity contribution in [2.75, 3.05) is 13.1 Å². The Bertz CT molecular complexity index is 1320. The highest BCUT2D eigenvalue weighted by Crippen LogP contribution is 2.31. The van der Waals surface area contributed by atoms with E-state index in [4.69, 9.17) is 0 Å². The average molecular weight is 541 g/mol. The molecule has 37 heavy (non-hydrogen) atoms. The van der Waals surface area contributed by atoms with E-state index in [0.717, 1.165) is 10.7 Å². The first kappa shape index (κ1) is 26.6. The standard InChI is InChI=1S/C24H27F3N6O3S.2H2/c1-13(2)20(31-23(36)24(25,26)27)21(34)30-17-10-32(8-6-15(17)18-11-37-14(3)29-18)22(35)16-5-4-7-33-12-28-9-19(16)33;;/h4-5,7,9,11-13,15,17,20H,6,8,10H2,1-3H3,(H,30,34)(H,31,36);2*1H/t15-,17-,20-;;/m1../s1. The number of rotatable bonds is 6. The Hall–Kier alpha value is -3.48. The molecule has 3 aromatic rings. The van der Waals surface area contributed by atoms with E-state index in [1.807, 2.05) is 12.3 Å². The highest BCUT2D eigenvalue weighted by Gasteiger charge is 2.42. The van der Waals surface area contributed by atoms with Gasteiger partial charge in [-0.3, -0.25) is 14.4 Å². The van der Waals surface area contributed by atoms with E-state index in [2.05, 4.69) is 15.3 Å². The van der Waals surface area contributed by atoms with Crippen LogP contribution in [0.5, 0.6) is 0 Å². The van der Waals surface area contributed by atoms with E-state index in [-0.39, 0.29) is 21.2 Å². The molecule has 4 rings (SSSR count). The monoisotopic (exact) mass is 540 g/mol. The van der Waals surface area contributed by atoms with Crippen LogP contribution >= 0.6 is 11.3 Å². The number of carbonyl (C=O) groups excluding carboxylic acids is 3. The molecule has 9 nitrogen and oxygen atoms in total. The Morgan fingerprint density at radius 3 is 2.68 bits per heavy atom. The minimum Gasteiger partial charge on any atom is -0.349 e. The second-order valence-electron chi connectivity index (χ2n) is 9.35. The van der Waals surface area contributed by atoms with Crippen LogP contribution in [0, 0.1) is 12.8 Å². The van der Waals surface area contributed by atoms with Gasteiger partial charge in [-0.05, 0) is 31.4 Å². The van der Waals surface area contributed by atoms with Crippen LogP contribution in [-0.2, 0) is 9.59 Å². The van der Waals surface area contributed by atoms with Gasteiger partial charge in [0.15, 0.2) is 0 Å². The maximum Gasteiger partial charge on any atom is 0.471 e. The molecule has 1 aliphatic rings. The van der Waals surface area contributed by atoms with Crippen LogP contribution in [0.15, 0.2) is 36.2 Å². The van der Waals surface area contributed by atoms with E-state index in [1.165, 1.54) is 11.3 Å². The van der Waals surface area contributed by atoms with Gasteiger partial charge in [0, 0.05) is 33.4 Å². The van der Waals surface area contributed by atoms with Crippen molar-refractivity contribution in [3.8, 4) is 0 Å². The van der Waals surface area contributed by atoms with Crippen LogP contribution in [0.4, 0.5) is 13.2 Å². The highest BCUT2D eigenvalue weighted by atomic mass is 32.1. The fraction of sp³-hybridized carbons (Fsp3) is 0.458. The molecule has 13 heteroatoms. The first-order valence-electron chi connectivity index (χ1n) is 11.8. The number of amides is 3. The largest absolute Gasteiger partial charge is 0.471 e. The minimum absolute atomic E-state index is 0. The molecule has 4 heterocycles. The van der Waals surface area contributed by atoms with Gasteiger partial charge < -0.3 is 19.9 Å². The van der Waals surface area contributed by atoms with Crippen LogP contribution < -0.4 is 10.6 Å². The number of aryl methyl sites for hydroxylation is 1. The fourth-order valence-corrected chi connectivity index (χ4v) is 5.20. The summed E-state index contributed by atoms with van der Waals surface area (Å²) in [7, 11) is 0. The first-order chi connectivity index (χ1) is 17.5. The second kappa shape index (κ2) is 10.5. The number of fused-ring (bicyclic) bond motifs is 1. The van der Waals surface area contributed by atoms with Crippen molar-refractivity contribution in [2.24, 2.45) is 5.92 Å². The van der Waals surface area contributed by atoms with Crippen molar-refractivity contribution in [1.82, 2.24) is 29.9 Å². The van der Waals surface area contributed by atoms with Crippen molar-refractivity contribution in [1.29, 1.82) is 0 Å². The maximum absolute atomic E-state index is 13.5. The van der Waals surface area contributed by atoms with Gasteiger partial charge in [-0.1, -0.05) is 13.8 Å². The lowest BCUT2D eigenvalue weighted by atomic mass is 9.88. The van der Waals surface area contributed by atoms with Crippen molar-refractivity contribution in [3.05, 3.63) is 52.5 Å². The van der Waals surface area contributed by atoms with Gasteiger partial charge in [0.1, 0.15) is 6.04 Å². The van der Waals surface area contributed by atoms with Gasteiger partial charge >= 0.3 is 12.1 Å². The maximum atomic E-state index is 13.5. The van der Waals surface area contributed by atoms with E-state index in [9.17, 15) is 27.6 Å². The summed E-state index contributed by atoms with van der Waals surface area (Å²) in [5.41, 5.74) is 1.84. The average Bonchev–Trinajstić information content (AvgIpc) is 3.49. The Morgan fingerprint density at radius 1 is 1.27 bits per heavy atom. The SMILES string of the molecule is Cc1nc([C@@H]2CCN(C(=O)c3cccn4cncc34)C[C@H]2NC(=O)[C@H](NC(=O)C(F)(F)F)C(C)C)cs1.[HH].[HH]. The number of aromatic nitrogens is 3. The number of hydrogen-bond donors (Lipinski definition) is 2. The molecule has 3 amide bonds. The van der Waals surface area contributed by atoms with Crippen molar-refractivity contribution < 1.29 is 30.4 Å². The van der Waals surface area contributed by atoms with Crippen LogP contribution in [0.1, 0.15) is 50.1 Å². The van der Waals surface area contributed by atoms with Crippen molar-refractivity contribution >= 4 is 34.6 Å². The summed E-state index contributed by atoms with van der Waals surface area (Å²) in [6.07, 6.45) is 0.335. The normalized spacial score (nSPS) is 19.2. The van der Waals surface area contributed by atoms with Gasteiger partial charge in [0.25, 0.3) is 5.91 Å². The third-order valence-electron chi connectivity index (χ3n) is 6.42. The Balaban J connectivity index is 0.00000267. The summed E-state index contributed by atoms with van der Waals surface area (Å²) in [6.45, 7) is 5.48. The number of nitrogens with zero attached hydrogens (tertiary/aromatic N) is 4. The summed E-state index contributed by atoms with van der Waals surface area (Å²) in [4.78, 5) is 48.4. The molecular weight excluding hydrogens is 509 g/mol. The second-order valence-corrected chi connectivity index (χ2v) is 10.4. The number of alkyl halides is 3. The van der Waals surface area contributed by atoms with Crippen LogP contribution in [0.25, 0.3) is 5.52 Å². The first-order valence-corrected chi connectivity index (χ1v) is 12.6. The van der Waals surface area contributed by atoms with Crippen LogP contribution in [0.3, 0.4) is 0 Å². The summed E-state index contributed by atoms with van der Waals surface area (Å²) >= 11 is 1.45. The molecule has 3 atom stereocenters. The topological polar surface area (TPSA) is 109 Å². The van der Waals surface area contributed by atoms with E-state index >= 15 is 0 Å². The lowest BCUT2D eigenvalue weighted by Crippen LogP contribution is -2.59. The Kier molecular flexibility index (Phi) is 7.53. The molecule has 3 aromatic heterocycles. The molecule has 0 bridgehead atoms. The summed E-state index contributed by atoms with van der Waals surface area (Å²) in [6, 6.07) is 1.41. The fourth-order valence-electron chi connectivity index (χ4n) is 4.52. The summed E-state index contributed by atoms with van der Waals surface area (Å²) in [5.74, 6) is -4.03. The zero-order valence-corrected chi connectivity index (χ0v) is 21.3. The smallest absolute Gasteiger partial charge is 0.349 e. The summed E-state index contributed by atoms with van der Waals surface area (Å²) in [5, 5.41) is 7.34. The molecule has 0 aliphatic carbocycles. The third kappa shape index (κ3) is 5.76. The molecule has 1 aliphatic heterocycles. The lowest BCUT2D eigenvalue weighted by molar-refractivity contribution is -0.175. The Labute approximate surface area is 218 Å². The molecule has 202 valence electrons. The zero-order valence-electron chi connectivity index (χ0n) is 20.5. The molecule has 0 unspecified atom stereocenters. The van der Waals surface area contributed by atoms with E-state index < -0.39 is 36.0 Å². The van der Waals surface area contributed by atoms with Crippen LogP contribution in [0.2, 0.25) is 0 Å². The van der Waals surface area contributed by atoms with Gasteiger partial charge in [-0.2, -0.15) is 13.2 Å². The number of piperidine rings is 1. The number of likely N-dealkylation sites (tertiary alicyclic amines) is 1. The van der Waals surface area contributed by atoms with Gasteiger partial charge in [-0.15, -0.1) is 11.3 Å². The Morgan fingerprint density at radius 2 is 2.03 bits per heavy atom. The van der Waals surface area contributed by atoms with Gasteiger partial charge in [0.05, 0.1) is 40.3 Å². The number of pyridine rings is 1. The summed E-state index contributed by atoms with van der Waals surface area (Å²) < 4.78 is 40.3. The zero-order chi connectivity index (χ0) is 26.9. The predicted molar refractivity (Wildman–Crippen MR) is 134 cm³/mol. The van der Waals surface area contributed by atoms with E-state index in [0.29, 0.717) is 24.0 Å². The van der Waals surface area contributed by atoms with Gasteiger partial charge in [0.2, 0.25) is 5.91 Å².